The van der Waals surface area contributed by atoms with Gasteiger partial charge in [0.25, 0.3) is 5.91 Å². The number of benzene rings is 1. The first-order chi connectivity index (χ1) is 14.6. The molecule has 6 nitrogen and oxygen atoms in total. The van der Waals surface area contributed by atoms with E-state index in [-0.39, 0.29) is 17.6 Å². The number of aromatic nitrogens is 2. The Balaban J connectivity index is 1.31. The zero-order valence-corrected chi connectivity index (χ0v) is 17.5. The van der Waals surface area contributed by atoms with Crippen LogP contribution in [0.25, 0.3) is 0 Å². The monoisotopic (exact) mass is 412 g/mol. The Hall–Kier alpha value is -2.70. The molecule has 7 heteroatoms. The highest BCUT2D eigenvalue weighted by Crippen LogP contribution is 2.22. The van der Waals surface area contributed by atoms with E-state index in [1.165, 1.54) is 12.1 Å². The molecular formula is C23H29FN4O2. The average Bonchev–Trinajstić information content (AvgIpc) is 2.79. The van der Waals surface area contributed by atoms with Gasteiger partial charge in [0, 0.05) is 44.5 Å². The molecule has 0 aliphatic carbocycles. The number of hydrogen-bond acceptors (Lipinski definition) is 5. The van der Waals surface area contributed by atoms with Gasteiger partial charge in [-0.25, -0.2) is 14.4 Å². The van der Waals surface area contributed by atoms with E-state index >= 15 is 0 Å². The second-order valence-corrected chi connectivity index (χ2v) is 8.47. The summed E-state index contributed by atoms with van der Waals surface area (Å²) < 4.78 is 18.8. The van der Waals surface area contributed by atoms with Crippen LogP contribution in [0.1, 0.15) is 43.0 Å². The zero-order chi connectivity index (χ0) is 20.9. The van der Waals surface area contributed by atoms with Crippen molar-refractivity contribution in [2.24, 2.45) is 11.8 Å². The summed E-state index contributed by atoms with van der Waals surface area (Å²) in [5, 5.41) is 0. The topological polar surface area (TPSA) is 58.6 Å². The number of carbonyl (C=O) groups is 1. The summed E-state index contributed by atoms with van der Waals surface area (Å²) in [6.45, 7) is 6.10. The van der Waals surface area contributed by atoms with Crippen LogP contribution in [0, 0.1) is 17.7 Å². The van der Waals surface area contributed by atoms with Gasteiger partial charge >= 0.3 is 0 Å². The SMILES string of the molecule is CC1CCN(c2ncc(C(=O)N3CCC[C@@H](COc4ccc(F)cc4)C3)cn2)CC1. The Labute approximate surface area is 177 Å². The van der Waals surface area contributed by atoms with E-state index in [9.17, 15) is 9.18 Å². The molecule has 2 aromatic rings. The van der Waals surface area contributed by atoms with Crippen LogP contribution < -0.4 is 9.64 Å². The van der Waals surface area contributed by atoms with Crippen LogP contribution in [0.5, 0.6) is 5.75 Å². The predicted octanol–water partition coefficient (Wildman–Crippen LogP) is 3.78. The third-order valence-corrected chi connectivity index (χ3v) is 6.06. The van der Waals surface area contributed by atoms with Crippen LogP contribution in [0.3, 0.4) is 0 Å². The highest BCUT2D eigenvalue weighted by molar-refractivity contribution is 5.93. The highest BCUT2D eigenvalue weighted by atomic mass is 19.1. The van der Waals surface area contributed by atoms with E-state index < -0.39 is 0 Å². The summed E-state index contributed by atoms with van der Waals surface area (Å²) in [6, 6.07) is 6.03. The van der Waals surface area contributed by atoms with E-state index in [0.29, 0.717) is 30.4 Å². The van der Waals surface area contributed by atoms with Crippen molar-refractivity contribution in [2.45, 2.75) is 32.6 Å². The number of carbonyl (C=O) groups excluding carboxylic acids is 1. The number of hydrogen-bond donors (Lipinski definition) is 0. The highest BCUT2D eigenvalue weighted by Gasteiger charge is 2.26. The lowest BCUT2D eigenvalue weighted by Crippen LogP contribution is -2.41. The summed E-state index contributed by atoms with van der Waals surface area (Å²) in [6.07, 6.45) is 7.56. The normalized spacial score (nSPS) is 20.3. The third-order valence-electron chi connectivity index (χ3n) is 6.06. The number of rotatable bonds is 5. The van der Waals surface area contributed by atoms with Crippen molar-refractivity contribution in [2.75, 3.05) is 37.7 Å². The average molecular weight is 413 g/mol. The lowest BCUT2D eigenvalue weighted by Gasteiger charge is -2.33. The van der Waals surface area contributed by atoms with Gasteiger partial charge in [-0.3, -0.25) is 4.79 Å². The van der Waals surface area contributed by atoms with E-state index in [1.807, 2.05) is 4.90 Å². The molecule has 1 atom stereocenters. The molecule has 0 unspecified atom stereocenters. The minimum atomic E-state index is -0.278. The molecule has 4 rings (SSSR count). The van der Waals surface area contributed by atoms with Gasteiger partial charge in [-0.2, -0.15) is 0 Å². The number of piperidine rings is 2. The molecule has 160 valence electrons. The van der Waals surface area contributed by atoms with Gasteiger partial charge in [0.1, 0.15) is 11.6 Å². The van der Waals surface area contributed by atoms with Gasteiger partial charge in [-0.15, -0.1) is 0 Å². The number of likely N-dealkylation sites (tertiary alicyclic amines) is 1. The summed E-state index contributed by atoms with van der Waals surface area (Å²) in [7, 11) is 0. The first-order valence-electron chi connectivity index (χ1n) is 10.8. The van der Waals surface area contributed by atoms with Gasteiger partial charge < -0.3 is 14.5 Å². The van der Waals surface area contributed by atoms with Crippen molar-refractivity contribution in [3.8, 4) is 5.75 Å². The van der Waals surface area contributed by atoms with Gasteiger partial charge in [-0.05, 0) is 55.9 Å². The second-order valence-electron chi connectivity index (χ2n) is 8.47. The molecule has 0 bridgehead atoms. The molecule has 1 amide bonds. The Bertz CT molecular complexity index is 835. The summed E-state index contributed by atoms with van der Waals surface area (Å²) in [5.74, 6) is 2.06. The Kier molecular flexibility index (Phi) is 6.45. The van der Waals surface area contributed by atoms with Crippen LogP contribution >= 0.6 is 0 Å². The Morgan fingerprint density at radius 1 is 1.10 bits per heavy atom. The number of ether oxygens (including phenoxy) is 1. The molecule has 2 aliphatic rings. The van der Waals surface area contributed by atoms with Crippen molar-refractivity contribution in [3.63, 3.8) is 0 Å². The molecule has 3 heterocycles. The predicted molar refractivity (Wildman–Crippen MR) is 113 cm³/mol. The van der Waals surface area contributed by atoms with Crippen LogP contribution in [0.2, 0.25) is 0 Å². The van der Waals surface area contributed by atoms with E-state index in [2.05, 4.69) is 21.8 Å². The maximum absolute atomic E-state index is 13.0. The van der Waals surface area contributed by atoms with Gasteiger partial charge in [-0.1, -0.05) is 6.92 Å². The molecule has 2 saturated heterocycles. The fraction of sp³-hybridized carbons (Fsp3) is 0.522. The van der Waals surface area contributed by atoms with E-state index in [1.54, 1.807) is 24.5 Å². The summed E-state index contributed by atoms with van der Waals surface area (Å²) >= 11 is 0. The number of amides is 1. The molecule has 0 spiro atoms. The number of anilines is 1. The van der Waals surface area contributed by atoms with Gasteiger partial charge in [0.05, 0.1) is 12.2 Å². The summed E-state index contributed by atoms with van der Waals surface area (Å²) in [4.78, 5) is 25.9. The first-order valence-corrected chi connectivity index (χ1v) is 10.8. The smallest absolute Gasteiger partial charge is 0.257 e. The lowest BCUT2D eigenvalue weighted by atomic mass is 9.98. The summed E-state index contributed by atoms with van der Waals surface area (Å²) in [5.41, 5.74) is 0.532. The van der Waals surface area contributed by atoms with Crippen LogP contribution in [-0.4, -0.2) is 53.6 Å². The molecule has 30 heavy (non-hydrogen) atoms. The van der Waals surface area contributed by atoms with Crippen LogP contribution in [0.4, 0.5) is 10.3 Å². The lowest BCUT2D eigenvalue weighted by molar-refractivity contribution is 0.0632. The van der Waals surface area contributed by atoms with Crippen molar-refractivity contribution in [3.05, 3.63) is 48.0 Å². The Morgan fingerprint density at radius 2 is 1.80 bits per heavy atom. The molecule has 0 radical (unpaired) electrons. The van der Waals surface area contributed by atoms with Gasteiger partial charge in [0.15, 0.2) is 0 Å². The molecule has 0 N–H and O–H groups in total. The van der Waals surface area contributed by atoms with Crippen LogP contribution in [0.15, 0.2) is 36.7 Å². The largest absolute Gasteiger partial charge is 0.493 e. The number of nitrogens with zero attached hydrogens (tertiary/aromatic N) is 4. The minimum Gasteiger partial charge on any atom is -0.493 e. The molecular weight excluding hydrogens is 383 g/mol. The maximum Gasteiger partial charge on any atom is 0.257 e. The van der Waals surface area contributed by atoms with Gasteiger partial charge in [0.2, 0.25) is 5.95 Å². The molecule has 0 saturated carbocycles. The minimum absolute atomic E-state index is 0.0275. The zero-order valence-electron chi connectivity index (χ0n) is 17.5. The Morgan fingerprint density at radius 3 is 2.50 bits per heavy atom. The van der Waals surface area contributed by atoms with E-state index in [4.69, 9.17) is 4.74 Å². The second kappa shape index (κ2) is 9.41. The van der Waals surface area contributed by atoms with Crippen molar-refractivity contribution < 1.29 is 13.9 Å². The molecule has 2 aliphatic heterocycles. The quantitative estimate of drug-likeness (QED) is 0.748. The maximum atomic E-state index is 13.0. The molecule has 1 aromatic heterocycles. The molecule has 1 aromatic carbocycles. The first kappa shape index (κ1) is 20.6. The van der Waals surface area contributed by atoms with Crippen molar-refractivity contribution in [1.29, 1.82) is 0 Å². The fourth-order valence-corrected chi connectivity index (χ4v) is 4.12. The number of halogens is 1. The van der Waals surface area contributed by atoms with Crippen molar-refractivity contribution >= 4 is 11.9 Å². The van der Waals surface area contributed by atoms with E-state index in [0.717, 1.165) is 51.2 Å². The standard InChI is InChI=1S/C23H29FN4O2/c1-17-8-11-27(12-9-17)23-25-13-19(14-26-23)22(29)28-10-2-3-18(15-28)16-30-21-6-4-20(24)5-7-21/h4-7,13-14,17-18H,2-3,8-12,15-16H2,1H3/t18-/m1/s1. The molecule has 2 fully saturated rings. The fourth-order valence-electron chi connectivity index (χ4n) is 4.12. The van der Waals surface area contributed by atoms with Crippen LogP contribution in [-0.2, 0) is 0 Å². The third kappa shape index (κ3) is 5.07. The van der Waals surface area contributed by atoms with Crippen molar-refractivity contribution in [1.82, 2.24) is 14.9 Å².